The van der Waals surface area contributed by atoms with E-state index in [2.05, 4.69) is 26.3 Å². The van der Waals surface area contributed by atoms with Gasteiger partial charge in [-0.05, 0) is 54.4 Å². The molecule has 2 aromatic carbocycles. The van der Waals surface area contributed by atoms with Gasteiger partial charge in [-0.1, -0.05) is 13.8 Å². The fourth-order valence-electron chi connectivity index (χ4n) is 5.02. The molecule has 0 aliphatic carbocycles. The summed E-state index contributed by atoms with van der Waals surface area (Å²) in [7, 11) is -2.25. The third-order valence-electron chi connectivity index (χ3n) is 7.08. The quantitative estimate of drug-likeness (QED) is 0.383. The Morgan fingerprint density at radius 2 is 1.84 bits per heavy atom. The second kappa shape index (κ2) is 9.84. The van der Waals surface area contributed by atoms with E-state index in [0.717, 1.165) is 27.7 Å². The van der Waals surface area contributed by atoms with Crippen LogP contribution in [0.4, 0.5) is 4.39 Å². The van der Waals surface area contributed by atoms with Gasteiger partial charge in [0.15, 0.2) is 0 Å². The number of aliphatic hydroxyl groups excluding tert-OH is 1. The smallest absolute Gasteiger partial charge is 0.264 e. The van der Waals surface area contributed by atoms with Crippen LogP contribution in [0.3, 0.4) is 0 Å². The first-order valence-corrected chi connectivity index (χ1v) is 13.9. The Balaban J connectivity index is 1.54. The summed E-state index contributed by atoms with van der Waals surface area (Å²) in [5.74, 6) is -0.312. The van der Waals surface area contributed by atoms with E-state index < -0.39 is 10.0 Å². The highest BCUT2D eigenvalue weighted by Gasteiger charge is 2.38. The average Bonchev–Trinajstić information content (AvgIpc) is 3.50. The highest BCUT2D eigenvalue weighted by molar-refractivity contribution is 7.89. The lowest BCUT2D eigenvalue weighted by molar-refractivity contribution is 0.0479. The Bertz CT molecular complexity index is 1560. The number of aryl methyl sites for hydroxylation is 2. The number of halogens is 1. The molecule has 12 heteroatoms. The first kappa shape index (κ1) is 26.4. The van der Waals surface area contributed by atoms with E-state index in [1.807, 2.05) is 26.8 Å². The third kappa shape index (κ3) is 4.96. The summed E-state index contributed by atoms with van der Waals surface area (Å²) in [4.78, 5) is 3.48. The molecule has 0 unspecified atom stereocenters. The summed E-state index contributed by atoms with van der Waals surface area (Å²) in [6.45, 7) is 7.65. The fraction of sp³-hybridized carbons (Fsp3) is 0.423. The van der Waals surface area contributed by atoms with Gasteiger partial charge in [0.2, 0.25) is 5.03 Å². The molecular weight excluding hydrogens is 509 g/mol. The Kier molecular flexibility index (Phi) is 6.84. The van der Waals surface area contributed by atoms with Gasteiger partial charge in [0, 0.05) is 56.7 Å². The zero-order valence-electron chi connectivity index (χ0n) is 21.9. The van der Waals surface area contributed by atoms with E-state index >= 15 is 0 Å². The Hall–Kier alpha value is -3.19. The molecule has 0 radical (unpaired) electrons. The number of hydrogen-bond donors (Lipinski definition) is 1. The van der Waals surface area contributed by atoms with Crippen molar-refractivity contribution >= 4 is 20.9 Å². The summed E-state index contributed by atoms with van der Waals surface area (Å²) in [5, 5.41) is 23.3. The first-order chi connectivity index (χ1) is 18.0. The molecule has 4 aromatic rings. The van der Waals surface area contributed by atoms with Gasteiger partial charge in [-0.15, -0.1) is 5.10 Å². The number of nitrogens with zero attached hydrogens (tertiary/aromatic N) is 7. The molecule has 202 valence electrons. The maximum Gasteiger partial charge on any atom is 0.264 e. The van der Waals surface area contributed by atoms with Crippen molar-refractivity contribution in [2.24, 2.45) is 12.5 Å². The Labute approximate surface area is 221 Å². The number of aliphatic hydroxyl groups is 1. The molecule has 1 saturated heterocycles. The minimum atomic E-state index is -3.83. The molecule has 0 saturated carbocycles. The van der Waals surface area contributed by atoms with E-state index in [9.17, 15) is 17.9 Å². The van der Waals surface area contributed by atoms with Crippen molar-refractivity contribution < 1.29 is 17.9 Å². The molecule has 38 heavy (non-hydrogen) atoms. The van der Waals surface area contributed by atoms with Crippen LogP contribution in [-0.2, 0) is 17.1 Å². The van der Waals surface area contributed by atoms with Gasteiger partial charge < -0.3 is 5.11 Å². The third-order valence-corrected chi connectivity index (χ3v) is 8.81. The SMILES string of the molecule is Cc1cc2c(cnn2-c2ccc(F)cc2)cc1[C@H]1CN(S(=O)(=O)c2cnn(C)n2)CCN1CC(C)(C)CO. The number of hydrogen-bond acceptors (Lipinski definition) is 7. The van der Waals surface area contributed by atoms with Crippen molar-refractivity contribution in [2.75, 3.05) is 32.8 Å². The maximum absolute atomic E-state index is 13.5. The van der Waals surface area contributed by atoms with Crippen molar-refractivity contribution in [1.29, 1.82) is 0 Å². The Morgan fingerprint density at radius 3 is 2.50 bits per heavy atom. The highest BCUT2D eigenvalue weighted by Crippen LogP contribution is 2.35. The lowest BCUT2D eigenvalue weighted by atomic mass is 9.90. The first-order valence-electron chi connectivity index (χ1n) is 12.4. The molecule has 0 spiro atoms. The van der Waals surface area contributed by atoms with Gasteiger partial charge in [-0.25, -0.2) is 17.5 Å². The molecule has 3 heterocycles. The molecule has 10 nitrogen and oxygen atoms in total. The largest absolute Gasteiger partial charge is 0.396 e. The monoisotopic (exact) mass is 541 g/mol. The van der Waals surface area contributed by atoms with Crippen molar-refractivity contribution in [3.8, 4) is 5.69 Å². The van der Waals surface area contributed by atoms with Crippen LogP contribution in [-0.4, -0.2) is 80.3 Å². The normalized spacial score (nSPS) is 17.9. The average molecular weight is 542 g/mol. The van der Waals surface area contributed by atoms with Crippen LogP contribution in [0.25, 0.3) is 16.6 Å². The molecule has 1 N–H and O–H groups in total. The number of piperazine rings is 1. The number of rotatable bonds is 7. The van der Waals surface area contributed by atoms with Crippen molar-refractivity contribution in [3.05, 3.63) is 65.7 Å². The second-order valence-electron chi connectivity index (χ2n) is 10.6. The van der Waals surface area contributed by atoms with Gasteiger partial charge >= 0.3 is 0 Å². The summed E-state index contributed by atoms with van der Waals surface area (Å²) in [6.07, 6.45) is 3.03. The van der Waals surface area contributed by atoms with Crippen LogP contribution in [0, 0.1) is 18.2 Å². The number of benzene rings is 2. The maximum atomic E-state index is 13.5. The van der Waals surface area contributed by atoms with Crippen LogP contribution in [0.2, 0.25) is 0 Å². The van der Waals surface area contributed by atoms with Gasteiger partial charge in [0.25, 0.3) is 10.0 Å². The summed E-state index contributed by atoms with van der Waals surface area (Å²) < 4.78 is 43.5. The highest BCUT2D eigenvalue weighted by atomic mass is 32.2. The number of aromatic nitrogens is 5. The minimum absolute atomic E-state index is 0.0142. The van der Waals surface area contributed by atoms with Crippen molar-refractivity contribution in [3.63, 3.8) is 0 Å². The second-order valence-corrected chi connectivity index (χ2v) is 12.5. The van der Waals surface area contributed by atoms with Crippen LogP contribution in [0.1, 0.15) is 31.0 Å². The number of sulfonamides is 1. The summed E-state index contributed by atoms with van der Waals surface area (Å²) in [6, 6.07) is 10.0. The fourth-order valence-corrected chi connectivity index (χ4v) is 6.34. The van der Waals surface area contributed by atoms with E-state index in [1.165, 1.54) is 27.4 Å². The van der Waals surface area contributed by atoms with Crippen molar-refractivity contribution in [2.45, 2.75) is 31.8 Å². The molecule has 0 amide bonds. The molecule has 1 fully saturated rings. The summed E-state index contributed by atoms with van der Waals surface area (Å²) in [5.41, 5.74) is 3.23. The predicted molar refractivity (Wildman–Crippen MR) is 141 cm³/mol. The topological polar surface area (TPSA) is 109 Å². The molecule has 0 bridgehead atoms. The molecule has 5 rings (SSSR count). The van der Waals surface area contributed by atoms with Gasteiger partial charge in [-0.2, -0.15) is 19.3 Å². The molecular formula is C26H32FN7O3S. The van der Waals surface area contributed by atoms with Crippen LogP contribution >= 0.6 is 0 Å². The molecule has 2 aromatic heterocycles. The van der Waals surface area contributed by atoms with Crippen LogP contribution in [0.15, 0.2) is 53.8 Å². The van der Waals surface area contributed by atoms with E-state index in [-0.39, 0.29) is 35.5 Å². The van der Waals surface area contributed by atoms with Gasteiger partial charge in [0.1, 0.15) is 5.82 Å². The standard InChI is InChI=1S/C26H32FN7O3S/c1-18-11-23-19(13-29-34(23)21-7-5-20(27)6-8-21)12-22(18)24-15-33(10-9-32(24)16-26(2,3)17-35)38(36,37)25-14-28-31(4)30-25/h5-8,11-14,24,35H,9-10,15-17H2,1-4H3/t24-/m1/s1. The van der Waals surface area contributed by atoms with Crippen molar-refractivity contribution in [1.82, 2.24) is 34.0 Å². The minimum Gasteiger partial charge on any atom is -0.396 e. The molecule has 1 aliphatic heterocycles. The van der Waals surface area contributed by atoms with Gasteiger partial charge in [0.05, 0.1) is 23.6 Å². The van der Waals surface area contributed by atoms with E-state index in [1.54, 1.807) is 30.1 Å². The number of fused-ring (bicyclic) bond motifs is 1. The van der Waals surface area contributed by atoms with Crippen LogP contribution < -0.4 is 0 Å². The molecule has 1 atom stereocenters. The van der Waals surface area contributed by atoms with Gasteiger partial charge in [-0.3, -0.25) is 4.90 Å². The lowest BCUT2D eigenvalue weighted by Crippen LogP contribution is -2.53. The zero-order chi connectivity index (χ0) is 27.2. The zero-order valence-corrected chi connectivity index (χ0v) is 22.7. The molecule has 1 aliphatic rings. The summed E-state index contributed by atoms with van der Waals surface area (Å²) >= 11 is 0. The van der Waals surface area contributed by atoms with Crippen LogP contribution in [0.5, 0.6) is 0 Å². The lowest BCUT2D eigenvalue weighted by Gasteiger charge is -2.44. The Morgan fingerprint density at radius 1 is 1.11 bits per heavy atom. The predicted octanol–water partition coefficient (Wildman–Crippen LogP) is 2.67. The van der Waals surface area contributed by atoms with E-state index in [4.69, 9.17) is 0 Å². The van der Waals surface area contributed by atoms with E-state index in [0.29, 0.717) is 19.6 Å².